The molecule has 0 saturated heterocycles. The Morgan fingerprint density at radius 2 is 1.64 bits per heavy atom. The van der Waals surface area contributed by atoms with Gasteiger partial charge in [0.05, 0.1) is 0 Å². The van der Waals surface area contributed by atoms with Crippen molar-refractivity contribution in [2.75, 3.05) is 17.2 Å². The molecule has 0 heterocycles. The topological polar surface area (TPSA) is 41.1 Å². The van der Waals surface area contributed by atoms with Crippen LogP contribution in [0, 0.1) is 11.6 Å². The minimum Gasteiger partial charge on any atom is -0.380 e. The molecule has 0 aliphatic carbocycles. The third-order valence-corrected chi connectivity index (χ3v) is 3.20. The molecular formula is C15H12Cl2F2N2O. The smallest absolute Gasteiger partial charge is 0.226 e. The van der Waals surface area contributed by atoms with Crippen LogP contribution in [0.3, 0.4) is 0 Å². The Hall–Kier alpha value is -1.85. The zero-order valence-corrected chi connectivity index (χ0v) is 12.8. The minimum atomic E-state index is -0.706. The molecule has 2 N–H and O–H groups in total. The van der Waals surface area contributed by atoms with Gasteiger partial charge in [0.25, 0.3) is 0 Å². The molecule has 0 aromatic heterocycles. The second-order valence-electron chi connectivity index (χ2n) is 4.48. The van der Waals surface area contributed by atoms with Crippen molar-refractivity contribution in [1.29, 1.82) is 0 Å². The van der Waals surface area contributed by atoms with E-state index in [1.807, 2.05) is 0 Å². The second-order valence-corrected chi connectivity index (χ2v) is 5.35. The summed E-state index contributed by atoms with van der Waals surface area (Å²) in [5, 5.41) is 5.96. The van der Waals surface area contributed by atoms with Gasteiger partial charge in [-0.15, -0.1) is 0 Å². The molecule has 0 radical (unpaired) electrons. The summed E-state index contributed by atoms with van der Waals surface area (Å²) < 4.78 is 26.8. The highest BCUT2D eigenvalue weighted by molar-refractivity contribution is 6.35. The summed E-state index contributed by atoms with van der Waals surface area (Å²) in [7, 11) is 0. The Kier molecular flexibility index (Phi) is 5.57. The summed E-state index contributed by atoms with van der Waals surface area (Å²) in [5.41, 5.74) is 0.209. The quantitative estimate of drug-likeness (QED) is 0.824. The third-order valence-electron chi connectivity index (χ3n) is 2.76. The molecule has 0 atom stereocenters. The highest BCUT2D eigenvalue weighted by Crippen LogP contribution is 2.22. The average Bonchev–Trinajstić information content (AvgIpc) is 2.41. The monoisotopic (exact) mass is 344 g/mol. The Morgan fingerprint density at radius 3 is 2.23 bits per heavy atom. The highest BCUT2D eigenvalue weighted by atomic mass is 35.5. The van der Waals surface area contributed by atoms with Gasteiger partial charge in [-0.05, 0) is 30.3 Å². The van der Waals surface area contributed by atoms with E-state index in [1.165, 1.54) is 6.07 Å². The number of hydrogen-bond acceptors (Lipinski definition) is 2. The maximum atomic E-state index is 13.4. The number of nitrogens with one attached hydrogen (secondary N) is 2. The van der Waals surface area contributed by atoms with E-state index in [1.54, 1.807) is 18.2 Å². The first-order valence-corrected chi connectivity index (χ1v) is 7.15. The van der Waals surface area contributed by atoms with Gasteiger partial charge in [0.1, 0.15) is 17.3 Å². The molecule has 2 aromatic rings. The van der Waals surface area contributed by atoms with Crippen LogP contribution in [0.4, 0.5) is 20.2 Å². The van der Waals surface area contributed by atoms with Crippen LogP contribution < -0.4 is 10.6 Å². The van der Waals surface area contributed by atoms with E-state index in [0.29, 0.717) is 15.7 Å². The first-order chi connectivity index (χ1) is 10.5. The lowest BCUT2D eigenvalue weighted by Crippen LogP contribution is -2.17. The van der Waals surface area contributed by atoms with Crippen molar-refractivity contribution in [1.82, 2.24) is 0 Å². The van der Waals surface area contributed by atoms with Crippen LogP contribution in [0.1, 0.15) is 6.42 Å². The molecule has 0 bridgehead atoms. The molecule has 22 heavy (non-hydrogen) atoms. The first-order valence-electron chi connectivity index (χ1n) is 6.39. The number of carbonyl (C=O) groups excluding carboxylic acids is 1. The Morgan fingerprint density at radius 1 is 1.05 bits per heavy atom. The zero-order valence-electron chi connectivity index (χ0n) is 11.3. The fraction of sp³-hybridized carbons (Fsp3) is 0.133. The predicted octanol–water partition coefficient (Wildman–Crippen LogP) is 4.71. The van der Waals surface area contributed by atoms with Gasteiger partial charge in [0.2, 0.25) is 5.91 Å². The van der Waals surface area contributed by atoms with Gasteiger partial charge in [-0.1, -0.05) is 29.3 Å². The maximum Gasteiger partial charge on any atom is 0.226 e. The molecule has 0 unspecified atom stereocenters. The van der Waals surface area contributed by atoms with Gasteiger partial charge < -0.3 is 10.6 Å². The average molecular weight is 345 g/mol. The van der Waals surface area contributed by atoms with E-state index in [0.717, 1.165) is 12.1 Å². The minimum absolute atomic E-state index is 0.0257. The summed E-state index contributed by atoms with van der Waals surface area (Å²) in [6, 6.07) is 8.19. The predicted molar refractivity (Wildman–Crippen MR) is 84.6 cm³/mol. The van der Waals surface area contributed by atoms with Crippen molar-refractivity contribution in [3.05, 3.63) is 58.1 Å². The number of halogens is 4. The van der Waals surface area contributed by atoms with Crippen LogP contribution >= 0.6 is 23.2 Å². The lowest BCUT2D eigenvalue weighted by molar-refractivity contribution is -0.115. The van der Waals surface area contributed by atoms with Gasteiger partial charge in [0.15, 0.2) is 0 Å². The van der Waals surface area contributed by atoms with Crippen LogP contribution in [0.25, 0.3) is 0 Å². The lowest BCUT2D eigenvalue weighted by Gasteiger charge is -2.09. The van der Waals surface area contributed by atoms with Gasteiger partial charge >= 0.3 is 0 Å². The number of amides is 1. The summed E-state index contributed by atoms with van der Waals surface area (Å²) >= 11 is 11.6. The molecular weight excluding hydrogens is 333 g/mol. The van der Waals surface area contributed by atoms with Crippen molar-refractivity contribution < 1.29 is 13.6 Å². The largest absolute Gasteiger partial charge is 0.380 e. The van der Waals surface area contributed by atoms with Crippen molar-refractivity contribution in [2.24, 2.45) is 0 Å². The van der Waals surface area contributed by atoms with Crippen LogP contribution in [0.15, 0.2) is 36.4 Å². The van der Waals surface area contributed by atoms with E-state index in [4.69, 9.17) is 23.2 Å². The molecule has 116 valence electrons. The van der Waals surface area contributed by atoms with Crippen molar-refractivity contribution in [2.45, 2.75) is 6.42 Å². The molecule has 0 aliphatic rings. The molecule has 1 amide bonds. The van der Waals surface area contributed by atoms with Crippen LogP contribution in [-0.4, -0.2) is 12.5 Å². The number of hydrogen-bond donors (Lipinski definition) is 2. The highest BCUT2D eigenvalue weighted by Gasteiger charge is 2.09. The van der Waals surface area contributed by atoms with Crippen molar-refractivity contribution in [3.63, 3.8) is 0 Å². The third kappa shape index (κ3) is 4.58. The Balaban J connectivity index is 1.88. The number of anilines is 2. The number of rotatable bonds is 5. The molecule has 2 aromatic carbocycles. The van der Waals surface area contributed by atoms with Crippen molar-refractivity contribution >= 4 is 40.5 Å². The van der Waals surface area contributed by atoms with Gasteiger partial charge in [-0.25, -0.2) is 8.78 Å². The van der Waals surface area contributed by atoms with Crippen LogP contribution in [0.2, 0.25) is 10.0 Å². The van der Waals surface area contributed by atoms with E-state index < -0.39 is 11.6 Å². The van der Waals surface area contributed by atoms with Gasteiger partial charge in [0, 0.05) is 28.7 Å². The van der Waals surface area contributed by atoms with Crippen molar-refractivity contribution in [3.8, 4) is 0 Å². The molecule has 0 saturated carbocycles. The van der Waals surface area contributed by atoms with E-state index in [-0.39, 0.29) is 24.6 Å². The molecule has 0 spiro atoms. The molecule has 0 aliphatic heterocycles. The second kappa shape index (κ2) is 7.42. The van der Waals surface area contributed by atoms with Crippen LogP contribution in [0.5, 0.6) is 0 Å². The molecule has 3 nitrogen and oxygen atoms in total. The van der Waals surface area contributed by atoms with Crippen LogP contribution in [-0.2, 0) is 4.79 Å². The molecule has 7 heteroatoms. The lowest BCUT2D eigenvalue weighted by atomic mass is 10.2. The summed E-state index contributed by atoms with van der Waals surface area (Å²) in [4.78, 5) is 11.8. The standard InChI is InChI=1S/C15H12Cl2F2N2O/c16-9-6-10(17)8-11(7-9)21-14(22)4-5-20-15-12(18)2-1-3-13(15)19/h1-3,6-8,20H,4-5H2,(H,21,22). The maximum absolute atomic E-state index is 13.4. The normalized spacial score (nSPS) is 10.4. The number of benzene rings is 2. The molecule has 2 rings (SSSR count). The SMILES string of the molecule is O=C(CCNc1c(F)cccc1F)Nc1cc(Cl)cc(Cl)c1. The molecule has 0 fully saturated rings. The van der Waals surface area contributed by atoms with E-state index >= 15 is 0 Å². The number of carbonyl (C=O) groups is 1. The first kappa shape index (κ1) is 16.5. The van der Waals surface area contributed by atoms with Gasteiger partial charge in [-0.2, -0.15) is 0 Å². The van der Waals surface area contributed by atoms with E-state index in [2.05, 4.69) is 10.6 Å². The summed E-state index contributed by atoms with van der Waals surface area (Å²) in [6.45, 7) is 0.0813. The van der Waals surface area contributed by atoms with E-state index in [9.17, 15) is 13.6 Å². The van der Waals surface area contributed by atoms with Gasteiger partial charge in [-0.3, -0.25) is 4.79 Å². The zero-order chi connectivity index (χ0) is 16.1. The Bertz CT molecular complexity index is 655. The number of para-hydroxylation sites is 1. The Labute approximate surface area is 136 Å². The fourth-order valence-electron chi connectivity index (χ4n) is 1.82. The summed E-state index contributed by atoms with van der Waals surface area (Å²) in [5.74, 6) is -1.74. The fourth-order valence-corrected chi connectivity index (χ4v) is 2.34. The summed E-state index contributed by atoms with van der Waals surface area (Å²) in [6.07, 6.45) is 0.0257.